The van der Waals surface area contributed by atoms with Crippen molar-refractivity contribution in [2.75, 3.05) is 0 Å². The maximum absolute atomic E-state index is 12.5. The van der Waals surface area contributed by atoms with Crippen molar-refractivity contribution in [2.45, 2.75) is 26.8 Å². The number of rotatable bonds is 7. The maximum Gasteiger partial charge on any atom is 0.251 e. The van der Waals surface area contributed by atoms with Crippen molar-refractivity contribution >= 4 is 23.5 Å². The van der Waals surface area contributed by atoms with Crippen molar-refractivity contribution in [1.29, 1.82) is 0 Å². The van der Waals surface area contributed by atoms with Gasteiger partial charge in [0.1, 0.15) is 0 Å². The fourth-order valence-corrected chi connectivity index (χ4v) is 2.92. The Balaban J connectivity index is 2.05. The van der Waals surface area contributed by atoms with Crippen LogP contribution in [-0.2, 0) is 4.79 Å². The molecule has 1 N–H and O–H groups in total. The first-order valence-electron chi connectivity index (χ1n) is 7.85. The summed E-state index contributed by atoms with van der Waals surface area (Å²) in [4.78, 5) is 29.3. The average Bonchev–Trinajstić information content (AvgIpc) is 3.13. The van der Waals surface area contributed by atoms with Crippen LogP contribution in [0.2, 0.25) is 0 Å². The number of aromatic nitrogens is 2. The van der Waals surface area contributed by atoms with Gasteiger partial charge in [0.25, 0.3) is 5.91 Å². The minimum Gasteiger partial charge on any atom is -0.345 e. The van der Waals surface area contributed by atoms with Crippen molar-refractivity contribution in [2.24, 2.45) is 0 Å². The standard InChI is InChI=1S/C19H21N3O2S/c1-5-18(14(3)23)25-15(4)13(2)21-19(24)16-7-6-8-17(11-16)22-10-9-20-12-22/h5-13H,4H2,1-3H3,(H,21,24). The summed E-state index contributed by atoms with van der Waals surface area (Å²) >= 11 is 1.29. The molecule has 0 saturated heterocycles. The van der Waals surface area contributed by atoms with Gasteiger partial charge in [-0.1, -0.05) is 30.5 Å². The summed E-state index contributed by atoms with van der Waals surface area (Å²) in [5, 5.41) is 2.91. The van der Waals surface area contributed by atoms with Gasteiger partial charge in [0, 0.05) is 28.5 Å². The highest BCUT2D eigenvalue weighted by atomic mass is 32.2. The van der Waals surface area contributed by atoms with Crippen LogP contribution in [-0.4, -0.2) is 27.3 Å². The van der Waals surface area contributed by atoms with Crippen molar-refractivity contribution in [3.8, 4) is 5.69 Å². The molecule has 1 aromatic carbocycles. The van der Waals surface area contributed by atoms with Gasteiger partial charge in [0.15, 0.2) is 5.78 Å². The Morgan fingerprint density at radius 2 is 2.16 bits per heavy atom. The van der Waals surface area contributed by atoms with E-state index in [9.17, 15) is 9.59 Å². The van der Waals surface area contributed by atoms with E-state index in [0.29, 0.717) is 15.4 Å². The van der Waals surface area contributed by atoms with Crippen LogP contribution >= 0.6 is 11.8 Å². The summed E-state index contributed by atoms with van der Waals surface area (Å²) in [5.41, 5.74) is 1.41. The summed E-state index contributed by atoms with van der Waals surface area (Å²) in [6.45, 7) is 9.14. The van der Waals surface area contributed by atoms with E-state index in [1.165, 1.54) is 18.7 Å². The van der Waals surface area contributed by atoms with Crippen LogP contribution in [0.1, 0.15) is 31.1 Å². The van der Waals surface area contributed by atoms with Gasteiger partial charge < -0.3 is 9.88 Å². The molecule has 1 aromatic heterocycles. The summed E-state index contributed by atoms with van der Waals surface area (Å²) < 4.78 is 1.83. The molecule has 6 heteroatoms. The maximum atomic E-state index is 12.5. The first kappa shape index (κ1) is 18.7. The predicted octanol–water partition coefficient (Wildman–Crippen LogP) is 3.73. The molecule has 0 aliphatic carbocycles. The normalized spacial score (nSPS) is 12.5. The van der Waals surface area contributed by atoms with Crippen LogP contribution in [0.4, 0.5) is 0 Å². The quantitative estimate of drug-likeness (QED) is 0.769. The van der Waals surface area contributed by atoms with Crippen LogP contribution in [0.5, 0.6) is 0 Å². The molecule has 2 rings (SSSR count). The lowest BCUT2D eigenvalue weighted by atomic mass is 10.1. The number of ketones is 1. The Morgan fingerprint density at radius 3 is 2.76 bits per heavy atom. The Morgan fingerprint density at radius 1 is 1.40 bits per heavy atom. The van der Waals surface area contributed by atoms with Crippen LogP contribution in [0.25, 0.3) is 5.69 Å². The number of hydrogen-bond donors (Lipinski definition) is 1. The highest BCUT2D eigenvalue weighted by Gasteiger charge is 2.15. The molecular weight excluding hydrogens is 334 g/mol. The van der Waals surface area contributed by atoms with E-state index in [-0.39, 0.29) is 17.7 Å². The summed E-state index contributed by atoms with van der Waals surface area (Å²) in [6, 6.07) is 7.01. The number of carbonyl (C=O) groups is 2. The number of hydrogen-bond acceptors (Lipinski definition) is 4. The number of thioether (sulfide) groups is 1. The zero-order valence-electron chi connectivity index (χ0n) is 14.5. The zero-order valence-corrected chi connectivity index (χ0v) is 15.3. The monoisotopic (exact) mass is 355 g/mol. The topological polar surface area (TPSA) is 64.0 Å². The molecule has 0 aliphatic rings. The van der Waals surface area contributed by atoms with Gasteiger partial charge in [-0.3, -0.25) is 9.59 Å². The molecule has 0 bridgehead atoms. The minimum absolute atomic E-state index is 0.0137. The third-order valence-corrected chi connectivity index (χ3v) is 4.95. The van der Waals surface area contributed by atoms with E-state index >= 15 is 0 Å². The fraction of sp³-hybridized carbons (Fsp3) is 0.211. The molecule has 0 aliphatic heterocycles. The Labute approximate surface area is 151 Å². The molecule has 0 radical (unpaired) electrons. The summed E-state index contributed by atoms with van der Waals surface area (Å²) in [6.07, 6.45) is 6.93. The Kier molecular flexibility index (Phi) is 6.36. The fourth-order valence-electron chi connectivity index (χ4n) is 2.14. The van der Waals surface area contributed by atoms with Crippen LogP contribution in [0.15, 0.2) is 65.5 Å². The van der Waals surface area contributed by atoms with Crippen LogP contribution < -0.4 is 5.32 Å². The number of Topliss-reactive ketones (excluding diaryl/α,β-unsaturated/α-hetero) is 1. The highest BCUT2D eigenvalue weighted by molar-refractivity contribution is 8.07. The lowest BCUT2D eigenvalue weighted by molar-refractivity contribution is -0.112. The second-order valence-electron chi connectivity index (χ2n) is 5.49. The number of amides is 1. The summed E-state index contributed by atoms with van der Waals surface area (Å²) in [5.74, 6) is -0.207. The van der Waals surface area contributed by atoms with Crippen molar-refractivity contribution in [3.05, 3.63) is 71.0 Å². The summed E-state index contributed by atoms with van der Waals surface area (Å²) in [7, 11) is 0. The predicted molar refractivity (Wildman–Crippen MR) is 102 cm³/mol. The smallest absolute Gasteiger partial charge is 0.251 e. The van der Waals surface area contributed by atoms with Crippen LogP contribution in [0, 0.1) is 0 Å². The van der Waals surface area contributed by atoms with Crippen molar-refractivity contribution < 1.29 is 9.59 Å². The average molecular weight is 355 g/mol. The molecule has 1 amide bonds. The minimum atomic E-state index is -0.274. The number of imidazole rings is 1. The molecule has 2 aromatic rings. The van der Waals surface area contributed by atoms with E-state index in [0.717, 1.165) is 5.69 Å². The van der Waals surface area contributed by atoms with E-state index in [1.807, 2.05) is 36.7 Å². The van der Waals surface area contributed by atoms with Gasteiger partial charge in [-0.15, -0.1) is 0 Å². The molecule has 0 fully saturated rings. The molecule has 5 nitrogen and oxygen atoms in total. The van der Waals surface area contributed by atoms with E-state index in [1.54, 1.807) is 30.7 Å². The van der Waals surface area contributed by atoms with E-state index < -0.39 is 0 Å². The largest absolute Gasteiger partial charge is 0.345 e. The molecule has 25 heavy (non-hydrogen) atoms. The third kappa shape index (κ3) is 4.93. The van der Waals surface area contributed by atoms with Gasteiger partial charge in [-0.25, -0.2) is 4.98 Å². The third-order valence-electron chi connectivity index (χ3n) is 3.59. The van der Waals surface area contributed by atoms with Gasteiger partial charge >= 0.3 is 0 Å². The van der Waals surface area contributed by atoms with Gasteiger partial charge in [0.05, 0.1) is 17.3 Å². The number of nitrogens with zero attached hydrogens (tertiary/aromatic N) is 2. The molecule has 130 valence electrons. The molecular formula is C19H21N3O2S. The van der Waals surface area contributed by atoms with E-state index in [4.69, 9.17) is 0 Å². The Bertz CT molecular complexity index is 810. The van der Waals surface area contributed by atoms with Gasteiger partial charge in [-0.05, 0) is 39.0 Å². The van der Waals surface area contributed by atoms with Crippen molar-refractivity contribution in [3.63, 3.8) is 0 Å². The van der Waals surface area contributed by atoms with Gasteiger partial charge in [-0.2, -0.15) is 0 Å². The zero-order chi connectivity index (χ0) is 18.4. The SMILES string of the molecule is C=C(SC(=CC)C(C)=O)C(C)NC(=O)c1cccc(-n2ccnc2)c1. The van der Waals surface area contributed by atoms with E-state index in [2.05, 4.69) is 16.9 Å². The highest BCUT2D eigenvalue weighted by Crippen LogP contribution is 2.27. The first-order valence-corrected chi connectivity index (χ1v) is 8.67. The molecule has 0 spiro atoms. The second kappa shape index (κ2) is 8.48. The molecule has 1 unspecified atom stereocenters. The number of benzene rings is 1. The van der Waals surface area contributed by atoms with Gasteiger partial charge in [0.2, 0.25) is 0 Å². The van der Waals surface area contributed by atoms with Crippen LogP contribution in [0.3, 0.4) is 0 Å². The number of nitrogens with one attached hydrogen (secondary N) is 1. The lowest BCUT2D eigenvalue weighted by Gasteiger charge is -2.17. The molecule has 0 saturated carbocycles. The second-order valence-corrected chi connectivity index (χ2v) is 6.66. The molecule has 1 atom stereocenters. The lowest BCUT2D eigenvalue weighted by Crippen LogP contribution is -2.33. The number of allylic oxidation sites excluding steroid dienone is 2. The first-order chi connectivity index (χ1) is 11.9. The van der Waals surface area contributed by atoms with Crippen molar-refractivity contribution in [1.82, 2.24) is 14.9 Å². The number of carbonyl (C=O) groups excluding carboxylic acids is 2. The Hall–Kier alpha value is -2.60. The molecule has 1 heterocycles.